The number of carbonyl (C=O) groups excluding carboxylic acids is 1. The molecule has 4 nitrogen and oxygen atoms in total. The summed E-state index contributed by atoms with van der Waals surface area (Å²) in [6.45, 7) is 0. The smallest absolute Gasteiger partial charge is 0.371 e. The van der Waals surface area contributed by atoms with E-state index in [4.69, 9.17) is 5.11 Å². The highest BCUT2D eigenvalue weighted by Gasteiger charge is 2.27. The van der Waals surface area contributed by atoms with Crippen LogP contribution >= 0.6 is 0 Å². The van der Waals surface area contributed by atoms with Crippen molar-refractivity contribution in [1.29, 1.82) is 0 Å². The molecule has 0 atom stereocenters. The molecule has 0 radical (unpaired) electrons. The van der Waals surface area contributed by atoms with Gasteiger partial charge in [-0.2, -0.15) is 0 Å². The van der Waals surface area contributed by atoms with E-state index in [1.807, 2.05) is 0 Å². The lowest BCUT2D eigenvalue weighted by molar-refractivity contribution is -0.135. The first-order chi connectivity index (χ1) is 8.00. The normalized spacial score (nSPS) is 17.6. The minimum atomic E-state index is -1.55. The van der Waals surface area contributed by atoms with Gasteiger partial charge in [0.05, 0.1) is 0 Å². The fourth-order valence-electron chi connectivity index (χ4n) is 1.87. The van der Waals surface area contributed by atoms with Crippen LogP contribution in [0.4, 0.5) is 4.39 Å². The summed E-state index contributed by atoms with van der Waals surface area (Å²) in [6.07, 6.45) is 0.559. The van der Waals surface area contributed by atoms with E-state index in [1.165, 1.54) is 12.1 Å². The molecular weight excluding hydrogens is 227 g/mol. The van der Waals surface area contributed by atoms with E-state index in [0.717, 1.165) is 6.07 Å². The van der Waals surface area contributed by atoms with Crippen molar-refractivity contribution in [3.63, 3.8) is 0 Å². The number of allylic oxidation sites excluding steroid dienone is 1. The summed E-state index contributed by atoms with van der Waals surface area (Å²) in [6, 6.07) is 3.81. The molecule has 17 heavy (non-hydrogen) atoms. The van der Waals surface area contributed by atoms with Gasteiger partial charge in [0.2, 0.25) is 5.76 Å². The van der Waals surface area contributed by atoms with E-state index in [2.05, 4.69) is 0 Å². The van der Waals surface area contributed by atoms with Crippen molar-refractivity contribution in [3.05, 3.63) is 46.5 Å². The van der Waals surface area contributed by atoms with Gasteiger partial charge in [-0.05, 0) is 30.5 Å². The molecule has 2 rings (SSSR count). The molecule has 0 saturated carbocycles. The summed E-state index contributed by atoms with van der Waals surface area (Å²) in [5, 5.41) is 17.9. The number of hydrogen-bond acceptors (Lipinski definition) is 3. The molecule has 2 N–H and O–H groups in total. The maximum atomic E-state index is 13.0. The van der Waals surface area contributed by atoms with Crippen molar-refractivity contribution in [2.45, 2.75) is 12.8 Å². The van der Waals surface area contributed by atoms with Crippen LogP contribution in [-0.2, 0) is 11.2 Å². The molecule has 1 aliphatic rings. The Balaban J connectivity index is 2.53. The Labute approximate surface area is 96.0 Å². The van der Waals surface area contributed by atoms with Gasteiger partial charge >= 0.3 is 5.97 Å². The first-order valence-electron chi connectivity index (χ1n) is 4.99. The quantitative estimate of drug-likeness (QED) is 0.576. The van der Waals surface area contributed by atoms with Gasteiger partial charge in [0, 0.05) is 11.1 Å². The van der Waals surface area contributed by atoms with Gasteiger partial charge in [0.15, 0.2) is 5.78 Å². The minimum absolute atomic E-state index is 0.124. The Morgan fingerprint density at radius 3 is 2.59 bits per heavy atom. The zero-order valence-electron chi connectivity index (χ0n) is 8.74. The molecule has 0 saturated heterocycles. The summed E-state index contributed by atoms with van der Waals surface area (Å²) in [5.41, 5.74) is 0.619. The van der Waals surface area contributed by atoms with Gasteiger partial charge in [0.25, 0.3) is 0 Å². The number of ketones is 1. The van der Waals surface area contributed by atoms with Crippen molar-refractivity contribution < 1.29 is 24.2 Å². The summed E-state index contributed by atoms with van der Waals surface area (Å²) >= 11 is 0. The molecule has 1 aromatic rings. The number of fused-ring (bicyclic) bond motifs is 1. The van der Waals surface area contributed by atoms with E-state index in [1.54, 1.807) is 0 Å². The minimum Gasteiger partial charge on any atom is -0.502 e. The maximum Gasteiger partial charge on any atom is 0.371 e. The van der Waals surface area contributed by atoms with Crippen LogP contribution in [0.2, 0.25) is 0 Å². The average Bonchev–Trinajstić information content (AvgIpc) is 2.29. The van der Waals surface area contributed by atoms with E-state index in [9.17, 15) is 19.1 Å². The van der Waals surface area contributed by atoms with Gasteiger partial charge < -0.3 is 10.2 Å². The van der Waals surface area contributed by atoms with E-state index in [-0.39, 0.29) is 17.6 Å². The molecule has 0 heterocycles. The van der Waals surface area contributed by atoms with E-state index < -0.39 is 23.3 Å². The largest absolute Gasteiger partial charge is 0.502 e. The number of Topliss-reactive ketones (excluding diaryl/α,β-unsaturated/α-hetero) is 1. The number of aliphatic hydroxyl groups excluding tert-OH is 1. The maximum absolute atomic E-state index is 13.0. The molecule has 88 valence electrons. The SMILES string of the molecule is O=C(O)C(O)=C1CCc2ccc(F)cc2C1=O. The van der Waals surface area contributed by atoms with Gasteiger partial charge in [-0.15, -0.1) is 0 Å². The Morgan fingerprint density at radius 1 is 1.24 bits per heavy atom. The van der Waals surface area contributed by atoms with Crippen LogP contribution in [0.25, 0.3) is 0 Å². The van der Waals surface area contributed by atoms with Crippen molar-refractivity contribution in [2.75, 3.05) is 0 Å². The number of carbonyl (C=O) groups is 2. The molecule has 0 fully saturated rings. The van der Waals surface area contributed by atoms with Crippen molar-refractivity contribution in [3.8, 4) is 0 Å². The average molecular weight is 236 g/mol. The Bertz CT molecular complexity index is 545. The second-order valence-electron chi connectivity index (χ2n) is 3.76. The molecular formula is C12H9FO4. The number of carboxylic acid groups (broad SMARTS) is 1. The summed E-state index contributed by atoms with van der Waals surface area (Å²) in [5.74, 6) is -3.68. The highest BCUT2D eigenvalue weighted by atomic mass is 19.1. The van der Waals surface area contributed by atoms with Crippen molar-refractivity contribution >= 4 is 11.8 Å². The lowest BCUT2D eigenvalue weighted by Gasteiger charge is -2.17. The number of carboxylic acids is 1. The lowest BCUT2D eigenvalue weighted by Crippen LogP contribution is -2.19. The highest BCUT2D eigenvalue weighted by molar-refractivity contribution is 6.13. The molecule has 0 aliphatic heterocycles. The number of halogens is 1. The first-order valence-corrected chi connectivity index (χ1v) is 4.99. The van der Waals surface area contributed by atoms with Crippen LogP contribution in [0, 0.1) is 5.82 Å². The number of benzene rings is 1. The Morgan fingerprint density at radius 2 is 1.94 bits per heavy atom. The third-order valence-corrected chi connectivity index (χ3v) is 2.72. The van der Waals surface area contributed by atoms with Crippen LogP contribution in [-0.4, -0.2) is 22.0 Å². The number of rotatable bonds is 1. The van der Waals surface area contributed by atoms with Crippen LogP contribution in [0.5, 0.6) is 0 Å². The van der Waals surface area contributed by atoms with Crippen LogP contribution < -0.4 is 0 Å². The zero-order valence-corrected chi connectivity index (χ0v) is 8.74. The fraction of sp³-hybridized carbons (Fsp3) is 0.167. The number of aliphatic carboxylic acids is 1. The zero-order chi connectivity index (χ0) is 12.6. The third kappa shape index (κ3) is 1.91. The lowest BCUT2D eigenvalue weighted by atomic mass is 9.86. The number of hydrogen-bond donors (Lipinski definition) is 2. The second kappa shape index (κ2) is 4.01. The fourth-order valence-corrected chi connectivity index (χ4v) is 1.87. The Kier molecular flexibility index (Phi) is 2.67. The van der Waals surface area contributed by atoms with Crippen molar-refractivity contribution in [2.24, 2.45) is 0 Å². The summed E-state index contributed by atoms with van der Waals surface area (Å²) in [7, 11) is 0. The first kappa shape index (κ1) is 11.3. The van der Waals surface area contributed by atoms with Crippen LogP contribution in [0.15, 0.2) is 29.5 Å². The number of aliphatic hydroxyl groups is 1. The Hall–Kier alpha value is -2.17. The molecule has 0 amide bonds. The molecule has 0 unspecified atom stereocenters. The third-order valence-electron chi connectivity index (χ3n) is 2.72. The summed E-state index contributed by atoms with van der Waals surface area (Å²) < 4.78 is 13.0. The van der Waals surface area contributed by atoms with Gasteiger partial charge in [-0.25, -0.2) is 9.18 Å². The van der Waals surface area contributed by atoms with Crippen molar-refractivity contribution in [1.82, 2.24) is 0 Å². The molecule has 0 aromatic heterocycles. The highest BCUT2D eigenvalue weighted by Crippen LogP contribution is 2.27. The predicted octanol–water partition coefficient (Wildman–Crippen LogP) is 1.85. The van der Waals surface area contributed by atoms with Crippen LogP contribution in [0.3, 0.4) is 0 Å². The standard InChI is InChI=1S/C12H9FO4/c13-7-3-1-6-2-4-8(11(15)12(16)17)10(14)9(6)5-7/h1,3,5,15H,2,4H2,(H,16,17). The van der Waals surface area contributed by atoms with Gasteiger partial charge in [-0.1, -0.05) is 6.07 Å². The van der Waals surface area contributed by atoms with Crippen LogP contribution in [0.1, 0.15) is 22.3 Å². The molecule has 5 heteroatoms. The van der Waals surface area contributed by atoms with Gasteiger partial charge in [-0.3, -0.25) is 4.79 Å². The predicted molar refractivity (Wildman–Crippen MR) is 56.3 cm³/mol. The topological polar surface area (TPSA) is 74.6 Å². The summed E-state index contributed by atoms with van der Waals surface area (Å²) in [4.78, 5) is 22.5. The van der Waals surface area contributed by atoms with E-state index >= 15 is 0 Å². The second-order valence-corrected chi connectivity index (χ2v) is 3.76. The molecule has 1 aromatic carbocycles. The van der Waals surface area contributed by atoms with Gasteiger partial charge in [0.1, 0.15) is 5.82 Å². The molecule has 1 aliphatic carbocycles. The number of aryl methyl sites for hydroxylation is 1. The molecule has 0 spiro atoms. The monoisotopic (exact) mass is 236 g/mol. The van der Waals surface area contributed by atoms with E-state index in [0.29, 0.717) is 12.0 Å². The molecule has 0 bridgehead atoms.